The Morgan fingerprint density at radius 1 is 1.00 bits per heavy atom. The lowest BCUT2D eigenvalue weighted by Crippen LogP contribution is -2.21. The smallest absolute Gasteiger partial charge is 0.269 e. The lowest BCUT2D eigenvalue weighted by Gasteiger charge is -2.08. The monoisotopic (exact) mass is 484 g/mol. The number of carbonyl (C=O) groups is 2. The van der Waals surface area contributed by atoms with Gasteiger partial charge in [-0.25, -0.2) is 5.43 Å². The summed E-state index contributed by atoms with van der Waals surface area (Å²) in [5.74, 6) is -0.722. The molecule has 0 atom stereocenters. The number of non-ortho nitro benzene ring substituents is 1. The summed E-state index contributed by atoms with van der Waals surface area (Å²) in [4.78, 5) is 34.7. The second-order valence-electron chi connectivity index (χ2n) is 6.99. The summed E-state index contributed by atoms with van der Waals surface area (Å²) >= 11 is 11.9. The third-order valence-corrected chi connectivity index (χ3v) is 5.14. The predicted octanol–water partition coefficient (Wildman–Crippen LogP) is 5.24. The molecule has 0 aliphatic heterocycles. The van der Waals surface area contributed by atoms with Crippen LogP contribution in [0.2, 0.25) is 10.0 Å². The van der Waals surface area contributed by atoms with E-state index in [-0.39, 0.29) is 28.9 Å². The normalized spacial score (nSPS) is 11.1. The van der Waals surface area contributed by atoms with Crippen molar-refractivity contribution >= 4 is 52.1 Å². The highest BCUT2D eigenvalue weighted by atomic mass is 35.5. The highest BCUT2D eigenvalue weighted by Gasteiger charge is 2.11. The number of hydrazone groups is 1. The van der Waals surface area contributed by atoms with Gasteiger partial charge >= 0.3 is 0 Å². The van der Waals surface area contributed by atoms with Crippen molar-refractivity contribution in [2.75, 3.05) is 5.32 Å². The first-order valence-corrected chi connectivity index (χ1v) is 10.4. The molecule has 0 saturated heterocycles. The minimum atomic E-state index is -0.499. The number of rotatable bonds is 7. The van der Waals surface area contributed by atoms with Crippen molar-refractivity contribution in [3.8, 4) is 0 Å². The van der Waals surface area contributed by atoms with Gasteiger partial charge in [-0.1, -0.05) is 47.5 Å². The minimum Gasteiger partial charge on any atom is -0.322 e. The number of nitro groups is 1. The van der Waals surface area contributed by atoms with Gasteiger partial charge in [0.05, 0.1) is 27.6 Å². The van der Waals surface area contributed by atoms with Gasteiger partial charge in [0.2, 0.25) is 5.91 Å². The molecule has 0 saturated carbocycles. The number of hydrogen-bond acceptors (Lipinski definition) is 5. The molecule has 0 aliphatic rings. The fraction of sp³-hybridized carbons (Fsp3) is 0.0870. The van der Waals surface area contributed by atoms with Crippen LogP contribution in [0.5, 0.6) is 0 Å². The summed E-state index contributed by atoms with van der Waals surface area (Å²) in [5.41, 5.74) is 5.23. The van der Waals surface area contributed by atoms with Gasteiger partial charge in [0.1, 0.15) is 0 Å². The highest BCUT2D eigenvalue weighted by molar-refractivity contribution is 6.37. The summed E-state index contributed by atoms with van der Waals surface area (Å²) in [7, 11) is 0. The van der Waals surface area contributed by atoms with Crippen LogP contribution in [-0.2, 0) is 11.2 Å². The number of hydrogen-bond donors (Lipinski definition) is 2. The Kier molecular flexibility index (Phi) is 7.76. The number of nitro benzene ring substituents is 1. The molecular formula is C23H18Cl2N4O4. The van der Waals surface area contributed by atoms with Gasteiger partial charge in [-0.3, -0.25) is 19.7 Å². The maximum atomic E-state index is 12.4. The van der Waals surface area contributed by atoms with E-state index in [9.17, 15) is 19.7 Å². The van der Waals surface area contributed by atoms with Crippen LogP contribution in [0, 0.1) is 10.1 Å². The zero-order valence-corrected chi connectivity index (χ0v) is 18.9. The van der Waals surface area contributed by atoms with Crippen LogP contribution in [-0.4, -0.2) is 22.4 Å². The molecule has 168 valence electrons. The average molecular weight is 485 g/mol. The topological polar surface area (TPSA) is 114 Å². The maximum Gasteiger partial charge on any atom is 0.269 e. The minimum absolute atomic E-state index is 0.0347. The Morgan fingerprint density at radius 2 is 1.67 bits per heavy atom. The molecule has 3 aromatic rings. The molecule has 33 heavy (non-hydrogen) atoms. The Bertz CT molecular complexity index is 1230. The molecule has 8 nitrogen and oxygen atoms in total. The van der Waals surface area contributed by atoms with Crippen LogP contribution < -0.4 is 10.7 Å². The Labute approximate surface area is 199 Å². The van der Waals surface area contributed by atoms with E-state index in [1.54, 1.807) is 43.3 Å². The maximum absolute atomic E-state index is 12.4. The number of nitrogens with one attached hydrogen (secondary N) is 2. The van der Waals surface area contributed by atoms with Crippen molar-refractivity contribution in [1.29, 1.82) is 0 Å². The van der Waals surface area contributed by atoms with Crippen molar-refractivity contribution in [2.24, 2.45) is 5.10 Å². The SMILES string of the molecule is C/C(=N/NC(=O)Cc1ccc([N+](=O)[O-])cc1)c1ccc(NC(=O)c2ccc(Cl)cc2Cl)cc1. The second kappa shape index (κ2) is 10.7. The number of carbonyl (C=O) groups excluding carboxylic acids is 2. The second-order valence-corrected chi connectivity index (χ2v) is 7.83. The van der Waals surface area contributed by atoms with E-state index >= 15 is 0 Å². The van der Waals surface area contributed by atoms with Crippen molar-refractivity contribution in [1.82, 2.24) is 5.43 Å². The average Bonchev–Trinajstić information content (AvgIpc) is 2.78. The van der Waals surface area contributed by atoms with Crippen molar-refractivity contribution in [3.05, 3.63) is 104 Å². The van der Waals surface area contributed by atoms with Gasteiger partial charge in [-0.05, 0) is 48.4 Å². The van der Waals surface area contributed by atoms with Crippen molar-refractivity contribution in [2.45, 2.75) is 13.3 Å². The first kappa shape index (κ1) is 23.9. The summed E-state index contributed by atoms with van der Waals surface area (Å²) in [6.07, 6.45) is 0.0347. The molecule has 0 bridgehead atoms. The molecule has 0 radical (unpaired) electrons. The molecule has 0 aliphatic carbocycles. The third kappa shape index (κ3) is 6.61. The summed E-state index contributed by atoms with van der Waals surface area (Å²) in [6.45, 7) is 1.73. The summed E-state index contributed by atoms with van der Waals surface area (Å²) in [5, 5.41) is 18.2. The number of anilines is 1. The zero-order valence-electron chi connectivity index (χ0n) is 17.3. The van der Waals surface area contributed by atoms with Crippen LogP contribution in [0.3, 0.4) is 0 Å². The number of amides is 2. The summed E-state index contributed by atoms with van der Waals surface area (Å²) in [6, 6.07) is 17.3. The van der Waals surface area contributed by atoms with Gasteiger partial charge < -0.3 is 5.32 Å². The zero-order chi connectivity index (χ0) is 24.0. The quantitative estimate of drug-likeness (QED) is 0.271. The molecular weight excluding hydrogens is 467 g/mol. The molecule has 0 spiro atoms. The van der Waals surface area contributed by atoms with Crippen LogP contribution >= 0.6 is 23.2 Å². The van der Waals surface area contributed by atoms with Crippen LogP contribution in [0.25, 0.3) is 0 Å². The molecule has 3 rings (SSSR count). The summed E-state index contributed by atoms with van der Waals surface area (Å²) < 4.78 is 0. The first-order valence-electron chi connectivity index (χ1n) is 9.66. The Hall–Kier alpha value is -3.75. The van der Waals surface area contributed by atoms with Crippen LogP contribution in [0.4, 0.5) is 11.4 Å². The third-order valence-electron chi connectivity index (χ3n) is 4.60. The number of benzene rings is 3. The van der Waals surface area contributed by atoms with E-state index in [2.05, 4.69) is 15.8 Å². The van der Waals surface area contributed by atoms with Crippen LogP contribution in [0.15, 0.2) is 71.8 Å². The fourth-order valence-corrected chi connectivity index (χ4v) is 3.33. The van der Waals surface area contributed by atoms with E-state index in [1.807, 2.05) is 0 Å². The Morgan fingerprint density at radius 3 is 2.27 bits per heavy atom. The lowest BCUT2D eigenvalue weighted by atomic mass is 10.1. The van der Waals surface area contributed by atoms with E-state index in [4.69, 9.17) is 23.2 Å². The molecule has 2 amide bonds. The standard InChI is InChI=1S/C23H18Cl2N4O4/c1-14(27-28-22(30)12-15-2-9-19(10-3-15)29(32)33)16-4-7-18(8-5-16)26-23(31)20-11-6-17(24)13-21(20)25/h2-11,13H,12H2,1H3,(H,26,31)(H,28,30)/b27-14-. The van der Waals surface area contributed by atoms with Crippen molar-refractivity contribution in [3.63, 3.8) is 0 Å². The van der Waals surface area contributed by atoms with Gasteiger partial charge in [-0.2, -0.15) is 5.10 Å². The van der Waals surface area contributed by atoms with Gasteiger partial charge in [0.25, 0.3) is 11.6 Å². The van der Waals surface area contributed by atoms with Gasteiger partial charge in [-0.15, -0.1) is 0 Å². The van der Waals surface area contributed by atoms with E-state index in [1.165, 1.54) is 30.3 Å². The van der Waals surface area contributed by atoms with E-state index in [0.717, 1.165) is 5.56 Å². The number of halogens is 2. The Balaban J connectivity index is 1.57. The molecule has 10 heteroatoms. The van der Waals surface area contributed by atoms with Crippen LogP contribution in [0.1, 0.15) is 28.4 Å². The predicted molar refractivity (Wildman–Crippen MR) is 128 cm³/mol. The molecule has 3 aromatic carbocycles. The van der Waals surface area contributed by atoms with Crippen molar-refractivity contribution < 1.29 is 14.5 Å². The molecule has 2 N–H and O–H groups in total. The lowest BCUT2D eigenvalue weighted by molar-refractivity contribution is -0.384. The molecule has 0 unspecified atom stereocenters. The molecule has 0 fully saturated rings. The highest BCUT2D eigenvalue weighted by Crippen LogP contribution is 2.22. The van der Waals surface area contributed by atoms with E-state index < -0.39 is 4.92 Å². The van der Waals surface area contributed by atoms with Gasteiger partial charge in [0.15, 0.2) is 0 Å². The van der Waals surface area contributed by atoms with Gasteiger partial charge in [0, 0.05) is 22.8 Å². The fourth-order valence-electron chi connectivity index (χ4n) is 2.84. The number of nitrogens with zero attached hydrogens (tertiary/aromatic N) is 2. The molecule has 0 heterocycles. The molecule has 0 aromatic heterocycles. The first-order chi connectivity index (χ1) is 15.7. The van der Waals surface area contributed by atoms with E-state index in [0.29, 0.717) is 27.5 Å². The largest absolute Gasteiger partial charge is 0.322 e.